The molecule has 6 heteroatoms. The van der Waals surface area contributed by atoms with Crippen LogP contribution in [0.1, 0.15) is 53.4 Å². The molecule has 0 unspecified atom stereocenters. The first-order valence-corrected chi connectivity index (χ1v) is 7.84. The first-order chi connectivity index (χ1) is 10.1. The lowest BCUT2D eigenvalue weighted by atomic mass is 9.82. The Hall–Kier alpha value is -1.43. The molecule has 1 heterocycles. The van der Waals surface area contributed by atoms with Crippen LogP contribution in [0, 0.1) is 11.8 Å². The molecule has 1 N–H and O–H groups in total. The van der Waals surface area contributed by atoms with Crippen molar-refractivity contribution >= 4 is 17.8 Å². The molecular weight excluding hydrogens is 286 g/mol. The van der Waals surface area contributed by atoms with Crippen LogP contribution in [0.3, 0.4) is 0 Å². The molecule has 124 valence electrons. The van der Waals surface area contributed by atoms with Crippen LogP contribution in [0.5, 0.6) is 0 Å². The van der Waals surface area contributed by atoms with E-state index in [0.29, 0.717) is 6.61 Å². The van der Waals surface area contributed by atoms with Gasteiger partial charge in [-0.2, -0.15) is 0 Å². The van der Waals surface area contributed by atoms with Crippen LogP contribution in [0.4, 0.5) is 4.79 Å². The minimum atomic E-state index is -0.863. The highest BCUT2D eigenvalue weighted by atomic mass is 16.6. The van der Waals surface area contributed by atoms with Crippen molar-refractivity contribution in [1.82, 2.24) is 5.32 Å². The van der Waals surface area contributed by atoms with Gasteiger partial charge < -0.3 is 9.47 Å². The van der Waals surface area contributed by atoms with Crippen LogP contribution < -0.4 is 5.32 Å². The second-order valence-corrected chi connectivity index (χ2v) is 7.40. The number of amides is 2. The number of Topliss-reactive ketones (excluding diaryl/α,β-unsaturated/α-hetero) is 1. The van der Waals surface area contributed by atoms with Crippen molar-refractivity contribution in [3.63, 3.8) is 0 Å². The van der Waals surface area contributed by atoms with Crippen LogP contribution in [0.15, 0.2) is 0 Å². The Morgan fingerprint density at radius 3 is 2.23 bits per heavy atom. The molecule has 2 fully saturated rings. The zero-order valence-corrected chi connectivity index (χ0v) is 13.7. The van der Waals surface area contributed by atoms with Crippen LogP contribution in [-0.2, 0) is 19.1 Å². The summed E-state index contributed by atoms with van der Waals surface area (Å²) >= 11 is 0. The Bertz CT molecular complexity index is 469. The fourth-order valence-electron chi connectivity index (χ4n) is 2.90. The highest BCUT2D eigenvalue weighted by Crippen LogP contribution is 2.38. The normalized spacial score (nSPS) is 26.4. The van der Waals surface area contributed by atoms with Gasteiger partial charge in [-0.1, -0.05) is 12.8 Å². The van der Waals surface area contributed by atoms with Crippen molar-refractivity contribution in [3.8, 4) is 0 Å². The van der Waals surface area contributed by atoms with Crippen molar-refractivity contribution in [2.75, 3.05) is 6.61 Å². The van der Waals surface area contributed by atoms with E-state index in [1.807, 2.05) is 0 Å². The minimum absolute atomic E-state index is 0.0176. The summed E-state index contributed by atoms with van der Waals surface area (Å²) in [5.74, 6) is -1.64. The van der Waals surface area contributed by atoms with Gasteiger partial charge in [0.15, 0.2) is 5.78 Å². The highest BCUT2D eigenvalue weighted by Gasteiger charge is 2.53. The third-order valence-electron chi connectivity index (χ3n) is 4.16. The van der Waals surface area contributed by atoms with E-state index in [9.17, 15) is 14.4 Å². The fourth-order valence-corrected chi connectivity index (χ4v) is 2.90. The molecule has 2 amide bonds. The Morgan fingerprint density at radius 1 is 1.23 bits per heavy atom. The SMILES string of the molecule is CC(C)(C)OC(=O)NC(=O)[C@H](C(=O)[C@@]1(C)CO1)C1CCCC1. The van der Waals surface area contributed by atoms with E-state index in [2.05, 4.69) is 5.32 Å². The Kier molecular flexibility index (Phi) is 4.61. The number of carbonyl (C=O) groups is 3. The van der Waals surface area contributed by atoms with Crippen LogP contribution >= 0.6 is 0 Å². The largest absolute Gasteiger partial charge is 0.444 e. The van der Waals surface area contributed by atoms with E-state index < -0.39 is 29.1 Å². The van der Waals surface area contributed by atoms with Gasteiger partial charge in [0, 0.05) is 0 Å². The van der Waals surface area contributed by atoms with Gasteiger partial charge in [-0.15, -0.1) is 0 Å². The van der Waals surface area contributed by atoms with Gasteiger partial charge in [0.1, 0.15) is 17.1 Å². The Labute approximate surface area is 130 Å². The van der Waals surface area contributed by atoms with Crippen molar-refractivity contribution in [1.29, 1.82) is 0 Å². The Morgan fingerprint density at radius 2 is 1.77 bits per heavy atom. The molecule has 0 radical (unpaired) electrons. The van der Waals surface area contributed by atoms with Crippen molar-refractivity contribution in [3.05, 3.63) is 0 Å². The van der Waals surface area contributed by atoms with Crippen LogP contribution in [0.25, 0.3) is 0 Å². The average molecular weight is 311 g/mol. The summed E-state index contributed by atoms with van der Waals surface area (Å²) in [5.41, 5.74) is -1.55. The van der Waals surface area contributed by atoms with Gasteiger partial charge in [-0.25, -0.2) is 4.79 Å². The molecule has 6 nitrogen and oxygen atoms in total. The minimum Gasteiger partial charge on any atom is -0.444 e. The molecule has 1 saturated heterocycles. The molecule has 1 saturated carbocycles. The second-order valence-electron chi connectivity index (χ2n) is 7.40. The first-order valence-electron chi connectivity index (χ1n) is 7.84. The van der Waals surface area contributed by atoms with Crippen LogP contribution in [0.2, 0.25) is 0 Å². The van der Waals surface area contributed by atoms with E-state index in [0.717, 1.165) is 25.7 Å². The smallest absolute Gasteiger partial charge is 0.414 e. The molecule has 0 spiro atoms. The number of rotatable bonds is 4. The summed E-state index contributed by atoms with van der Waals surface area (Å²) in [6.45, 7) is 7.19. The molecule has 2 rings (SSSR count). The molecule has 1 aliphatic carbocycles. The topological polar surface area (TPSA) is 85.0 Å². The molecular formula is C16H25NO5. The quantitative estimate of drug-likeness (QED) is 0.635. The molecule has 1 aliphatic heterocycles. The maximum atomic E-state index is 12.6. The third-order valence-corrected chi connectivity index (χ3v) is 4.16. The number of ketones is 1. The molecule has 2 aliphatic rings. The summed E-state index contributed by atoms with van der Waals surface area (Å²) in [5, 5.41) is 2.22. The number of hydrogen-bond donors (Lipinski definition) is 1. The van der Waals surface area contributed by atoms with E-state index in [4.69, 9.17) is 9.47 Å². The number of hydrogen-bond acceptors (Lipinski definition) is 5. The highest BCUT2D eigenvalue weighted by molar-refractivity contribution is 6.09. The predicted molar refractivity (Wildman–Crippen MR) is 79.2 cm³/mol. The summed E-state index contributed by atoms with van der Waals surface area (Å²) in [6.07, 6.45) is 2.86. The van der Waals surface area contributed by atoms with Crippen molar-refractivity contribution < 1.29 is 23.9 Å². The summed E-state index contributed by atoms with van der Waals surface area (Å²) in [6, 6.07) is 0. The summed E-state index contributed by atoms with van der Waals surface area (Å²) < 4.78 is 10.3. The summed E-state index contributed by atoms with van der Waals surface area (Å²) in [7, 11) is 0. The van der Waals surface area contributed by atoms with Gasteiger partial charge in [0.05, 0.1) is 6.61 Å². The third kappa shape index (κ3) is 4.06. The van der Waals surface area contributed by atoms with E-state index in [1.165, 1.54) is 0 Å². The lowest BCUT2D eigenvalue weighted by Crippen LogP contribution is -2.47. The number of nitrogens with one attached hydrogen (secondary N) is 1. The van der Waals surface area contributed by atoms with Crippen molar-refractivity contribution in [2.24, 2.45) is 11.8 Å². The number of epoxide rings is 1. The second kappa shape index (κ2) is 5.99. The number of alkyl carbamates (subject to hydrolysis) is 1. The van der Waals surface area contributed by atoms with E-state index >= 15 is 0 Å². The average Bonchev–Trinajstić information content (AvgIpc) is 2.90. The zero-order chi connectivity index (χ0) is 16.5. The monoisotopic (exact) mass is 311 g/mol. The number of imide groups is 1. The lowest BCUT2D eigenvalue weighted by Gasteiger charge is -2.24. The summed E-state index contributed by atoms with van der Waals surface area (Å²) in [4.78, 5) is 36.8. The molecule has 22 heavy (non-hydrogen) atoms. The zero-order valence-electron chi connectivity index (χ0n) is 13.7. The molecule has 0 aromatic rings. The van der Waals surface area contributed by atoms with Gasteiger partial charge in [-0.3, -0.25) is 14.9 Å². The fraction of sp³-hybridized carbons (Fsp3) is 0.812. The van der Waals surface area contributed by atoms with Gasteiger partial charge in [0.25, 0.3) is 0 Å². The maximum absolute atomic E-state index is 12.6. The van der Waals surface area contributed by atoms with Crippen LogP contribution in [-0.4, -0.2) is 35.6 Å². The van der Waals surface area contributed by atoms with Gasteiger partial charge in [-0.05, 0) is 46.5 Å². The predicted octanol–water partition coefficient (Wildman–Crippen LogP) is 2.20. The van der Waals surface area contributed by atoms with Gasteiger partial charge >= 0.3 is 6.09 Å². The lowest BCUT2D eigenvalue weighted by molar-refractivity contribution is -0.138. The molecule has 0 aromatic carbocycles. The first kappa shape index (κ1) is 16.9. The van der Waals surface area contributed by atoms with E-state index in [-0.39, 0.29) is 11.7 Å². The Balaban J connectivity index is 2.06. The number of carbonyl (C=O) groups excluding carboxylic acids is 3. The molecule has 2 atom stereocenters. The molecule has 0 bridgehead atoms. The number of ether oxygens (including phenoxy) is 2. The standard InChI is InChI=1S/C16H25NO5/c1-15(2,3)22-14(20)17-13(19)11(10-7-5-6-8-10)12(18)16(4)9-21-16/h10-11H,5-9H2,1-4H3,(H,17,19,20)/t11-,16+/m0/s1. The molecule has 0 aromatic heterocycles. The van der Waals surface area contributed by atoms with E-state index in [1.54, 1.807) is 27.7 Å². The van der Waals surface area contributed by atoms with Gasteiger partial charge in [0.2, 0.25) is 5.91 Å². The van der Waals surface area contributed by atoms with Crippen molar-refractivity contribution in [2.45, 2.75) is 64.6 Å². The maximum Gasteiger partial charge on any atom is 0.414 e.